The summed E-state index contributed by atoms with van der Waals surface area (Å²) >= 11 is 1.62. The van der Waals surface area contributed by atoms with Crippen molar-refractivity contribution in [1.82, 2.24) is 4.90 Å². The van der Waals surface area contributed by atoms with Crippen molar-refractivity contribution in [3.63, 3.8) is 0 Å². The number of likely N-dealkylation sites (tertiary alicyclic amines) is 1. The molecule has 1 amide bonds. The Balaban J connectivity index is 0.00000192. The highest BCUT2D eigenvalue weighted by Gasteiger charge is 2.34. The van der Waals surface area contributed by atoms with E-state index in [0.717, 1.165) is 11.3 Å². The van der Waals surface area contributed by atoms with Crippen molar-refractivity contribution < 1.29 is 4.79 Å². The Kier molecular flexibility index (Phi) is 5.84. The first-order valence-corrected chi connectivity index (χ1v) is 8.61. The summed E-state index contributed by atoms with van der Waals surface area (Å²) < 4.78 is 0. The van der Waals surface area contributed by atoms with Gasteiger partial charge in [0.25, 0.3) is 5.91 Å². The van der Waals surface area contributed by atoms with Gasteiger partial charge in [-0.25, -0.2) is 0 Å². The third kappa shape index (κ3) is 3.60. The standard InChI is InChI=1S/C18H22N2OS.ClH/c1-3-16-12(2)9-17(22-16)18(21)20-10-14(15(19)11-20)13-7-5-4-6-8-13;/h4-9,14-15H,3,10-11,19H2,1-2H3;1H/t14-,15+;/m0./s1. The Morgan fingerprint density at radius 1 is 1.30 bits per heavy atom. The van der Waals surface area contributed by atoms with Gasteiger partial charge in [0.05, 0.1) is 4.88 Å². The molecule has 3 rings (SSSR count). The highest BCUT2D eigenvalue weighted by Crippen LogP contribution is 2.30. The molecule has 1 aromatic heterocycles. The quantitative estimate of drug-likeness (QED) is 0.919. The number of hydrogen-bond acceptors (Lipinski definition) is 3. The second-order valence-corrected chi connectivity index (χ2v) is 7.10. The molecule has 2 atom stereocenters. The summed E-state index contributed by atoms with van der Waals surface area (Å²) in [7, 11) is 0. The van der Waals surface area contributed by atoms with Crippen LogP contribution >= 0.6 is 23.7 Å². The number of benzene rings is 1. The predicted molar refractivity (Wildman–Crippen MR) is 98.7 cm³/mol. The molecule has 124 valence electrons. The van der Waals surface area contributed by atoms with Crippen LogP contribution in [0.1, 0.15) is 38.5 Å². The number of halogens is 1. The normalized spacial score (nSPS) is 20.4. The molecule has 1 aliphatic rings. The lowest BCUT2D eigenvalue weighted by Gasteiger charge is -2.15. The maximum Gasteiger partial charge on any atom is 0.264 e. The number of rotatable bonds is 3. The van der Waals surface area contributed by atoms with Gasteiger partial charge in [0.2, 0.25) is 0 Å². The van der Waals surface area contributed by atoms with E-state index >= 15 is 0 Å². The lowest BCUT2D eigenvalue weighted by Crippen LogP contribution is -2.31. The molecule has 1 saturated heterocycles. The average Bonchev–Trinajstić information content (AvgIpc) is 3.10. The molecule has 0 aliphatic carbocycles. The molecule has 2 heterocycles. The van der Waals surface area contributed by atoms with Crippen LogP contribution in [0.15, 0.2) is 36.4 Å². The number of aryl methyl sites for hydroxylation is 2. The number of amides is 1. The zero-order chi connectivity index (χ0) is 15.7. The summed E-state index contributed by atoms with van der Waals surface area (Å²) in [6.07, 6.45) is 0.982. The fraction of sp³-hybridized carbons (Fsp3) is 0.389. The van der Waals surface area contributed by atoms with Crippen molar-refractivity contribution in [3.05, 3.63) is 57.3 Å². The van der Waals surface area contributed by atoms with Gasteiger partial charge in [0, 0.05) is 29.9 Å². The summed E-state index contributed by atoms with van der Waals surface area (Å²) in [5.74, 6) is 0.360. The van der Waals surface area contributed by atoms with E-state index in [-0.39, 0.29) is 30.3 Å². The Labute approximate surface area is 147 Å². The van der Waals surface area contributed by atoms with E-state index in [0.29, 0.717) is 13.1 Å². The van der Waals surface area contributed by atoms with Gasteiger partial charge in [-0.3, -0.25) is 4.79 Å². The molecule has 0 saturated carbocycles. The van der Waals surface area contributed by atoms with Crippen molar-refractivity contribution in [1.29, 1.82) is 0 Å². The van der Waals surface area contributed by atoms with Gasteiger partial charge in [0.1, 0.15) is 0 Å². The third-order valence-electron chi connectivity index (χ3n) is 4.43. The van der Waals surface area contributed by atoms with E-state index in [1.54, 1.807) is 11.3 Å². The monoisotopic (exact) mass is 350 g/mol. The molecule has 5 heteroatoms. The molecule has 0 spiro atoms. The average molecular weight is 351 g/mol. The largest absolute Gasteiger partial charge is 0.336 e. The minimum Gasteiger partial charge on any atom is -0.336 e. The fourth-order valence-corrected chi connectivity index (χ4v) is 4.26. The van der Waals surface area contributed by atoms with Crippen LogP contribution in [-0.2, 0) is 6.42 Å². The van der Waals surface area contributed by atoms with Crippen molar-refractivity contribution in [2.24, 2.45) is 5.73 Å². The molecule has 1 aromatic carbocycles. The van der Waals surface area contributed by atoms with Crippen LogP contribution in [-0.4, -0.2) is 29.9 Å². The molecule has 0 unspecified atom stereocenters. The van der Waals surface area contributed by atoms with E-state index in [2.05, 4.69) is 26.0 Å². The summed E-state index contributed by atoms with van der Waals surface area (Å²) in [6.45, 7) is 5.55. The Hall–Kier alpha value is -1.36. The van der Waals surface area contributed by atoms with Gasteiger partial charge < -0.3 is 10.6 Å². The number of hydrogen-bond donors (Lipinski definition) is 1. The lowest BCUT2D eigenvalue weighted by atomic mass is 9.95. The van der Waals surface area contributed by atoms with Crippen LogP contribution in [0.2, 0.25) is 0 Å². The van der Waals surface area contributed by atoms with Crippen LogP contribution in [0.4, 0.5) is 0 Å². The molecule has 3 nitrogen and oxygen atoms in total. The van der Waals surface area contributed by atoms with Gasteiger partial charge in [-0.2, -0.15) is 0 Å². The van der Waals surface area contributed by atoms with Gasteiger partial charge in [-0.05, 0) is 30.5 Å². The Morgan fingerprint density at radius 2 is 2.00 bits per heavy atom. The minimum atomic E-state index is 0. The van der Waals surface area contributed by atoms with Crippen LogP contribution in [0.3, 0.4) is 0 Å². The number of thiophene rings is 1. The van der Waals surface area contributed by atoms with Gasteiger partial charge in [-0.1, -0.05) is 37.3 Å². The van der Waals surface area contributed by atoms with E-state index in [9.17, 15) is 4.79 Å². The fourth-order valence-electron chi connectivity index (χ4n) is 3.18. The number of nitrogens with zero attached hydrogens (tertiary/aromatic N) is 1. The number of carbonyl (C=O) groups excluding carboxylic acids is 1. The first-order valence-electron chi connectivity index (χ1n) is 7.79. The maximum atomic E-state index is 12.7. The Bertz CT molecular complexity index is 671. The first-order chi connectivity index (χ1) is 10.6. The molecule has 1 aliphatic heterocycles. The van der Waals surface area contributed by atoms with Gasteiger partial charge >= 0.3 is 0 Å². The Morgan fingerprint density at radius 3 is 2.61 bits per heavy atom. The molecule has 0 radical (unpaired) electrons. The highest BCUT2D eigenvalue weighted by molar-refractivity contribution is 7.14. The first kappa shape index (κ1) is 18.0. The van der Waals surface area contributed by atoms with E-state index < -0.39 is 0 Å². The van der Waals surface area contributed by atoms with Crippen molar-refractivity contribution >= 4 is 29.7 Å². The topological polar surface area (TPSA) is 46.3 Å². The third-order valence-corrected chi connectivity index (χ3v) is 5.80. The molecular formula is C18H23ClN2OS. The zero-order valence-corrected chi connectivity index (χ0v) is 15.1. The van der Waals surface area contributed by atoms with Crippen LogP contribution in [0, 0.1) is 6.92 Å². The van der Waals surface area contributed by atoms with E-state index in [1.807, 2.05) is 29.2 Å². The second kappa shape index (κ2) is 7.47. The number of nitrogens with two attached hydrogens (primary N) is 1. The highest BCUT2D eigenvalue weighted by atomic mass is 35.5. The lowest BCUT2D eigenvalue weighted by molar-refractivity contribution is 0.0794. The van der Waals surface area contributed by atoms with Crippen molar-refractivity contribution in [2.45, 2.75) is 32.2 Å². The molecule has 1 fully saturated rings. The van der Waals surface area contributed by atoms with Gasteiger partial charge in [-0.15, -0.1) is 23.7 Å². The van der Waals surface area contributed by atoms with Gasteiger partial charge in [0.15, 0.2) is 0 Å². The van der Waals surface area contributed by atoms with E-state index in [1.165, 1.54) is 16.0 Å². The molecule has 2 N–H and O–H groups in total. The molecule has 23 heavy (non-hydrogen) atoms. The van der Waals surface area contributed by atoms with Crippen molar-refractivity contribution in [3.8, 4) is 0 Å². The predicted octanol–water partition coefficient (Wildman–Crippen LogP) is 3.61. The summed E-state index contributed by atoms with van der Waals surface area (Å²) in [4.78, 5) is 16.8. The smallest absolute Gasteiger partial charge is 0.264 e. The van der Waals surface area contributed by atoms with Crippen LogP contribution in [0.5, 0.6) is 0 Å². The SMILES string of the molecule is CCc1sc(C(=O)N2C[C@@H](N)[C@H](c3ccccc3)C2)cc1C.Cl. The zero-order valence-electron chi connectivity index (χ0n) is 13.5. The van der Waals surface area contributed by atoms with Crippen LogP contribution < -0.4 is 5.73 Å². The summed E-state index contributed by atoms with van der Waals surface area (Å²) in [5.41, 5.74) is 8.73. The van der Waals surface area contributed by atoms with E-state index in [4.69, 9.17) is 5.73 Å². The molecule has 2 aromatic rings. The molecule has 0 bridgehead atoms. The minimum absolute atomic E-state index is 0. The summed E-state index contributed by atoms with van der Waals surface area (Å²) in [6, 6.07) is 12.3. The van der Waals surface area contributed by atoms with Crippen LogP contribution in [0.25, 0.3) is 0 Å². The van der Waals surface area contributed by atoms with Crippen molar-refractivity contribution in [2.75, 3.05) is 13.1 Å². The second-order valence-electron chi connectivity index (χ2n) is 5.96. The summed E-state index contributed by atoms with van der Waals surface area (Å²) in [5, 5.41) is 0. The number of carbonyl (C=O) groups is 1. The maximum absolute atomic E-state index is 12.7. The molecular weight excluding hydrogens is 328 g/mol.